The van der Waals surface area contributed by atoms with E-state index < -0.39 is 0 Å². The fraction of sp³-hybridized carbons (Fsp3) is 0.600. The van der Waals surface area contributed by atoms with E-state index in [1.807, 2.05) is 6.92 Å². The SMILES string of the molecule is CC(CCCN)C(=O)NCc1ccno1. The average Bonchev–Trinajstić information content (AvgIpc) is 2.75. The van der Waals surface area contributed by atoms with Crippen molar-refractivity contribution in [3.8, 4) is 0 Å². The van der Waals surface area contributed by atoms with E-state index in [0.717, 1.165) is 12.8 Å². The highest BCUT2D eigenvalue weighted by molar-refractivity contribution is 5.78. The number of nitrogens with one attached hydrogen (secondary N) is 1. The van der Waals surface area contributed by atoms with Gasteiger partial charge >= 0.3 is 0 Å². The third kappa shape index (κ3) is 4.12. The zero-order chi connectivity index (χ0) is 11.1. The summed E-state index contributed by atoms with van der Waals surface area (Å²) in [4.78, 5) is 11.5. The lowest BCUT2D eigenvalue weighted by Crippen LogP contribution is -2.28. The molecule has 0 bridgehead atoms. The van der Waals surface area contributed by atoms with Gasteiger partial charge in [0.1, 0.15) is 0 Å². The van der Waals surface area contributed by atoms with Crippen molar-refractivity contribution in [1.29, 1.82) is 0 Å². The van der Waals surface area contributed by atoms with Crippen molar-refractivity contribution in [2.75, 3.05) is 6.54 Å². The second-order valence-corrected chi connectivity index (χ2v) is 3.53. The Hall–Kier alpha value is -1.36. The van der Waals surface area contributed by atoms with Gasteiger partial charge in [-0.15, -0.1) is 0 Å². The maximum Gasteiger partial charge on any atom is 0.223 e. The van der Waals surface area contributed by atoms with Crippen LogP contribution in [0.4, 0.5) is 0 Å². The van der Waals surface area contributed by atoms with Crippen LogP contribution in [0.5, 0.6) is 0 Å². The summed E-state index contributed by atoms with van der Waals surface area (Å²) in [6.45, 7) is 2.91. The summed E-state index contributed by atoms with van der Waals surface area (Å²) in [6.07, 6.45) is 3.25. The number of hydrogen-bond acceptors (Lipinski definition) is 4. The minimum atomic E-state index is -0.00327. The van der Waals surface area contributed by atoms with Crippen LogP contribution in [0.3, 0.4) is 0 Å². The first-order valence-corrected chi connectivity index (χ1v) is 5.11. The van der Waals surface area contributed by atoms with Crippen molar-refractivity contribution >= 4 is 5.91 Å². The first-order valence-electron chi connectivity index (χ1n) is 5.11. The van der Waals surface area contributed by atoms with Crippen LogP contribution in [0.1, 0.15) is 25.5 Å². The molecule has 1 aromatic rings. The molecule has 0 spiro atoms. The number of rotatable bonds is 6. The molecule has 0 radical (unpaired) electrons. The first-order chi connectivity index (χ1) is 7.24. The predicted octanol–water partition coefficient (Wildman–Crippen LogP) is 0.666. The van der Waals surface area contributed by atoms with E-state index in [4.69, 9.17) is 10.3 Å². The molecule has 1 heterocycles. The second kappa shape index (κ2) is 6.19. The molecular weight excluding hydrogens is 194 g/mol. The molecule has 0 aliphatic rings. The van der Waals surface area contributed by atoms with Gasteiger partial charge in [0.25, 0.3) is 0 Å². The monoisotopic (exact) mass is 211 g/mol. The zero-order valence-electron chi connectivity index (χ0n) is 8.90. The number of carbonyl (C=O) groups excluding carboxylic acids is 1. The van der Waals surface area contributed by atoms with Gasteiger partial charge in [-0.3, -0.25) is 4.79 Å². The molecule has 3 N–H and O–H groups in total. The lowest BCUT2D eigenvalue weighted by atomic mass is 10.1. The minimum absolute atomic E-state index is 0.00327. The molecule has 1 aromatic heterocycles. The Kier molecular flexibility index (Phi) is 4.83. The summed E-state index contributed by atoms with van der Waals surface area (Å²) in [6, 6.07) is 1.73. The van der Waals surface area contributed by atoms with Crippen LogP contribution in [0.2, 0.25) is 0 Å². The maximum atomic E-state index is 11.5. The number of hydrogen-bond donors (Lipinski definition) is 2. The Balaban J connectivity index is 2.23. The third-order valence-corrected chi connectivity index (χ3v) is 2.22. The largest absolute Gasteiger partial charge is 0.360 e. The first kappa shape index (κ1) is 11.7. The van der Waals surface area contributed by atoms with Gasteiger partial charge in [-0.2, -0.15) is 0 Å². The summed E-state index contributed by atoms with van der Waals surface area (Å²) >= 11 is 0. The topological polar surface area (TPSA) is 81.2 Å². The number of nitrogens with two attached hydrogens (primary N) is 1. The number of amides is 1. The summed E-state index contributed by atoms with van der Waals surface area (Å²) in [5.41, 5.74) is 5.37. The quantitative estimate of drug-likeness (QED) is 0.724. The predicted molar refractivity (Wildman–Crippen MR) is 55.8 cm³/mol. The maximum absolute atomic E-state index is 11.5. The molecule has 5 heteroatoms. The van der Waals surface area contributed by atoms with E-state index >= 15 is 0 Å². The Morgan fingerprint density at radius 1 is 1.73 bits per heavy atom. The molecule has 0 fully saturated rings. The summed E-state index contributed by atoms with van der Waals surface area (Å²) < 4.78 is 4.86. The van der Waals surface area contributed by atoms with Crippen LogP contribution in [-0.4, -0.2) is 17.6 Å². The highest BCUT2D eigenvalue weighted by Gasteiger charge is 2.12. The van der Waals surface area contributed by atoms with Crippen molar-refractivity contribution in [2.24, 2.45) is 11.7 Å². The normalized spacial score (nSPS) is 12.4. The van der Waals surface area contributed by atoms with E-state index in [1.165, 1.54) is 0 Å². The van der Waals surface area contributed by atoms with Crippen LogP contribution in [0.15, 0.2) is 16.8 Å². The van der Waals surface area contributed by atoms with Crippen molar-refractivity contribution in [3.63, 3.8) is 0 Å². The van der Waals surface area contributed by atoms with E-state index in [0.29, 0.717) is 18.8 Å². The van der Waals surface area contributed by atoms with Crippen molar-refractivity contribution in [3.05, 3.63) is 18.0 Å². The average molecular weight is 211 g/mol. The fourth-order valence-corrected chi connectivity index (χ4v) is 1.24. The third-order valence-electron chi connectivity index (χ3n) is 2.22. The molecule has 1 amide bonds. The van der Waals surface area contributed by atoms with Gasteiger partial charge in [0.15, 0.2) is 5.76 Å². The number of carbonyl (C=O) groups is 1. The number of nitrogens with zero attached hydrogens (tertiary/aromatic N) is 1. The minimum Gasteiger partial charge on any atom is -0.360 e. The van der Waals surface area contributed by atoms with Gasteiger partial charge in [-0.05, 0) is 19.4 Å². The standard InChI is InChI=1S/C10H17N3O2/c1-8(3-2-5-11)10(14)12-7-9-4-6-13-15-9/h4,6,8H,2-3,5,7,11H2,1H3,(H,12,14). The van der Waals surface area contributed by atoms with E-state index in [-0.39, 0.29) is 11.8 Å². The van der Waals surface area contributed by atoms with E-state index in [9.17, 15) is 4.79 Å². The zero-order valence-corrected chi connectivity index (χ0v) is 8.90. The molecule has 84 valence electrons. The van der Waals surface area contributed by atoms with Crippen LogP contribution < -0.4 is 11.1 Å². The summed E-state index contributed by atoms with van der Waals surface area (Å²) in [7, 11) is 0. The molecule has 1 unspecified atom stereocenters. The second-order valence-electron chi connectivity index (χ2n) is 3.53. The van der Waals surface area contributed by atoms with E-state index in [1.54, 1.807) is 12.3 Å². The van der Waals surface area contributed by atoms with Gasteiger partial charge in [0, 0.05) is 12.0 Å². The van der Waals surface area contributed by atoms with E-state index in [2.05, 4.69) is 10.5 Å². The van der Waals surface area contributed by atoms with Crippen molar-refractivity contribution in [1.82, 2.24) is 10.5 Å². The molecule has 0 saturated carbocycles. The van der Waals surface area contributed by atoms with Crippen LogP contribution in [0.25, 0.3) is 0 Å². The van der Waals surface area contributed by atoms with Crippen molar-refractivity contribution in [2.45, 2.75) is 26.3 Å². The van der Waals surface area contributed by atoms with Crippen LogP contribution in [0, 0.1) is 5.92 Å². The molecule has 15 heavy (non-hydrogen) atoms. The highest BCUT2D eigenvalue weighted by Crippen LogP contribution is 2.05. The van der Waals surface area contributed by atoms with Gasteiger partial charge in [-0.1, -0.05) is 12.1 Å². The summed E-state index contributed by atoms with van der Waals surface area (Å²) in [5, 5.41) is 6.33. The Morgan fingerprint density at radius 3 is 3.13 bits per heavy atom. The molecule has 0 aromatic carbocycles. The lowest BCUT2D eigenvalue weighted by molar-refractivity contribution is -0.124. The van der Waals surface area contributed by atoms with Gasteiger partial charge in [0.2, 0.25) is 5.91 Å². The molecule has 1 atom stereocenters. The number of aromatic nitrogens is 1. The molecule has 1 rings (SSSR count). The molecule has 0 aliphatic carbocycles. The van der Waals surface area contributed by atoms with Gasteiger partial charge in [-0.25, -0.2) is 0 Å². The molecule has 0 aliphatic heterocycles. The molecular formula is C10H17N3O2. The lowest BCUT2D eigenvalue weighted by Gasteiger charge is -2.10. The Labute approximate surface area is 89.0 Å². The van der Waals surface area contributed by atoms with Crippen molar-refractivity contribution < 1.29 is 9.32 Å². The summed E-state index contributed by atoms with van der Waals surface area (Å²) in [5.74, 6) is 0.686. The Morgan fingerprint density at radius 2 is 2.53 bits per heavy atom. The van der Waals surface area contributed by atoms with Crippen LogP contribution in [-0.2, 0) is 11.3 Å². The molecule has 5 nitrogen and oxygen atoms in total. The highest BCUT2D eigenvalue weighted by atomic mass is 16.5. The Bertz CT molecular complexity index is 285. The van der Waals surface area contributed by atoms with Crippen LogP contribution >= 0.6 is 0 Å². The smallest absolute Gasteiger partial charge is 0.223 e. The fourth-order valence-electron chi connectivity index (χ4n) is 1.24. The molecule has 0 saturated heterocycles. The van der Waals surface area contributed by atoms with Gasteiger partial charge in [0.05, 0.1) is 12.7 Å². The van der Waals surface area contributed by atoms with Gasteiger partial charge < -0.3 is 15.6 Å².